The lowest BCUT2D eigenvalue weighted by Gasteiger charge is -2.35. The van der Waals surface area contributed by atoms with E-state index in [4.69, 9.17) is 9.84 Å². The molecule has 1 saturated heterocycles. The van der Waals surface area contributed by atoms with Crippen molar-refractivity contribution >= 4 is 11.6 Å². The summed E-state index contributed by atoms with van der Waals surface area (Å²) in [5.41, 5.74) is 5.12. The van der Waals surface area contributed by atoms with E-state index >= 15 is 8.78 Å². The van der Waals surface area contributed by atoms with Crippen LogP contribution < -0.4 is 5.32 Å². The Morgan fingerprint density at radius 3 is 2.38 bits per heavy atom. The van der Waals surface area contributed by atoms with Crippen molar-refractivity contribution in [2.45, 2.75) is 72.4 Å². The second kappa shape index (κ2) is 10.8. The number of nitrogens with zero attached hydrogens (tertiary/aromatic N) is 3. The van der Waals surface area contributed by atoms with Gasteiger partial charge in [-0.1, -0.05) is 32.0 Å². The van der Waals surface area contributed by atoms with Gasteiger partial charge in [-0.05, 0) is 62.6 Å². The number of rotatable bonds is 7. The lowest BCUT2D eigenvalue weighted by atomic mass is 9.95. The number of fused-ring (bicyclic) bond motifs is 1. The molecule has 3 aromatic rings. The molecule has 39 heavy (non-hydrogen) atoms. The lowest BCUT2D eigenvalue weighted by Crippen LogP contribution is -2.40. The van der Waals surface area contributed by atoms with Gasteiger partial charge in [-0.3, -0.25) is 9.69 Å². The minimum atomic E-state index is -0.682. The number of ether oxygens (including phenoxy) is 1. The number of aromatic nitrogens is 2. The van der Waals surface area contributed by atoms with Crippen molar-refractivity contribution in [3.05, 3.63) is 64.4 Å². The first-order valence-corrected chi connectivity index (χ1v) is 14.0. The Morgan fingerprint density at radius 1 is 1.10 bits per heavy atom. The summed E-state index contributed by atoms with van der Waals surface area (Å²) in [6.45, 7) is 12.9. The zero-order chi connectivity index (χ0) is 27.9. The normalized spacial score (nSPS) is 17.4. The molecule has 0 bridgehead atoms. The zero-order valence-corrected chi connectivity index (χ0v) is 23.5. The first kappa shape index (κ1) is 27.5. The van der Waals surface area contributed by atoms with Crippen molar-refractivity contribution in [3.63, 3.8) is 0 Å². The monoisotopic (exact) mass is 536 g/mol. The molecule has 1 fully saturated rings. The quantitative estimate of drug-likeness (QED) is 0.381. The second-order valence-corrected chi connectivity index (χ2v) is 11.2. The highest BCUT2D eigenvalue weighted by molar-refractivity contribution is 5.89. The van der Waals surface area contributed by atoms with Gasteiger partial charge in [0.25, 0.3) is 0 Å². The lowest BCUT2D eigenvalue weighted by molar-refractivity contribution is -0.114. The Kier molecular flexibility index (Phi) is 7.62. The summed E-state index contributed by atoms with van der Waals surface area (Å²) in [6, 6.07) is 8.46. The van der Waals surface area contributed by atoms with Crippen LogP contribution in [0.5, 0.6) is 0 Å². The molecule has 2 aliphatic rings. The fourth-order valence-corrected chi connectivity index (χ4v) is 6.10. The van der Waals surface area contributed by atoms with Gasteiger partial charge in [0, 0.05) is 50.4 Å². The number of anilines is 1. The third-order valence-corrected chi connectivity index (χ3v) is 8.32. The number of aryl methyl sites for hydroxylation is 2. The molecule has 0 spiro atoms. The van der Waals surface area contributed by atoms with Gasteiger partial charge in [0.2, 0.25) is 5.91 Å². The van der Waals surface area contributed by atoms with Crippen LogP contribution in [-0.2, 0) is 34.5 Å². The Balaban J connectivity index is 1.70. The Bertz CT molecular complexity index is 1370. The van der Waals surface area contributed by atoms with E-state index in [9.17, 15) is 4.79 Å². The highest BCUT2D eigenvalue weighted by Crippen LogP contribution is 2.46. The SMILES string of the molecule is CCc1cccc(CC)c1-n1nc2c(c1-c1cc(F)c(NC(C)=O)cc1F)CN(CC1CCOCC1)C2(C)C. The molecule has 3 heterocycles. The number of nitrogens with one attached hydrogen (secondary N) is 1. The number of carbonyl (C=O) groups excluding carboxylic acids is 1. The van der Waals surface area contributed by atoms with Crippen LogP contribution in [0.1, 0.15) is 69.8 Å². The third kappa shape index (κ3) is 5.00. The maximum Gasteiger partial charge on any atom is 0.221 e. The molecule has 0 unspecified atom stereocenters. The van der Waals surface area contributed by atoms with Gasteiger partial charge < -0.3 is 10.1 Å². The number of halogens is 2. The highest BCUT2D eigenvalue weighted by atomic mass is 19.1. The van der Waals surface area contributed by atoms with Crippen molar-refractivity contribution in [1.29, 1.82) is 0 Å². The summed E-state index contributed by atoms with van der Waals surface area (Å²) in [4.78, 5) is 14.0. The van der Waals surface area contributed by atoms with E-state index < -0.39 is 17.5 Å². The minimum absolute atomic E-state index is 0.145. The van der Waals surface area contributed by atoms with Crippen molar-refractivity contribution in [1.82, 2.24) is 14.7 Å². The number of hydrogen-bond acceptors (Lipinski definition) is 4. The topological polar surface area (TPSA) is 59.4 Å². The molecule has 0 atom stereocenters. The first-order valence-electron chi connectivity index (χ1n) is 14.0. The minimum Gasteiger partial charge on any atom is -0.381 e. The molecule has 208 valence electrons. The zero-order valence-electron chi connectivity index (χ0n) is 23.5. The van der Waals surface area contributed by atoms with Gasteiger partial charge >= 0.3 is 0 Å². The fraction of sp³-hybridized carbons (Fsp3) is 0.484. The van der Waals surface area contributed by atoms with E-state index in [2.05, 4.69) is 50.0 Å². The Morgan fingerprint density at radius 2 is 1.77 bits per heavy atom. The van der Waals surface area contributed by atoms with Gasteiger partial charge in [0.05, 0.1) is 28.3 Å². The van der Waals surface area contributed by atoms with Crippen LogP contribution in [0.3, 0.4) is 0 Å². The molecule has 2 aromatic carbocycles. The van der Waals surface area contributed by atoms with Crippen LogP contribution in [0.4, 0.5) is 14.5 Å². The van der Waals surface area contributed by atoms with Gasteiger partial charge in [0.15, 0.2) is 0 Å². The molecule has 0 radical (unpaired) electrons. The van der Waals surface area contributed by atoms with Gasteiger partial charge in [-0.2, -0.15) is 5.10 Å². The Hall–Kier alpha value is -3.10. The number of amides is 1. The van der Waals surface area contributed by atoms with Crippen molar-refractivity contribution in [2.75, 3.05) is 25.1 Å². The van der Waals surface area contributed by atoms with Crippen molar-refractivity contribution in [3.8, 4) is 16.9 Å². The highest BCUT2D eigenvalue weighted by Gasteiger charge is 2.44. The molecule has 1 N–H and O–H groups in total. The predicted octanol–water partition coefficient (Wildman–Crippen LogP) is 6.38. The molecule has 1 amide bonds. The molecule has 6 nitrogen and oxygen atoms in total. The molecule has 2 aliphatic heterocycles. The number of para-hydroxylation sites is 1. The third-order valence-electron chi connectivity index (χ3n) is 8.32. The average Bonchev–Trinajstić information content (AvgIpc) is 3.39. The van der Waals surface area contributed by atoms with Crippen molar-refractivity contribution in [2.24, 2.45) is 5.92 Å². The van der Waals surface area contributed by atoms with Crippen LogP contribution in [0.15, 0.2) is 30.3 Å². The summed E-state index contributed by atoms with van der Waals surface area (Å²) >= 11 is 0. The molecule has 0 saturated carbocycles. The van der Waals surface area contributed by atoms with Gasteiger partial charge in [-0.25, -0.2) is 13.5 Å². The molecule has 1 aromatic heterocycles. The molecule has 8 heteroatoms. The first-order chi connectivity index (χ1) is 18.6. The molecular weight excluding hydrogens is 498 g/mol. The van der Waals surface area contributed by atoms with Crippen LogP contribution in [0.2, 0.25) is 0 Å². The molecule has 0 aliphatic carbocycles. The number of carbonyl (C=O) groups is 1. The number of benzene rings is 2. The van der Waals surface area contributed by atoms with Crippen LogP contribution in [-0.4, -0.2) is 40.3 Å². The second-order valence-electron chi connectivity index (χ2n) is 11.2. The van der Waals surface area contributed by atoms with E-state index in [1.165, 1.54) is 13.0 Å². The van der Waals surface area contributed by atoms with E-state index in [1.54, 1.807) is 0 Å². The summed E-state index contributed by atoms with van der Waals surface area (Å²) < 4.78 is 38.5. The summed E-state index contributed by atoms with van der Waals surface area (Å²) in [6.07, 6.45) is 3.60. The van der Waals surface area contributed by atoms with Gasteiger partial charge in [-0.15, -0.1) is 0 Å². The van der Waals surface area contributed by atoms with E-state index in [0.29, 0.717) is 18.2 Å². The van der Waals surface area contributed by atoms with E-state index in [1.807, 2.05) is 10.7 Å². The Labute approximate surface area is 229 Å². The molecule has 5 rings (SSSR count). The largest absolute Gasteiger partial charge is 0.381 e. The van der Waals surface area contributed by atoms with Crippen LogP contribution >= 0.6 is 0 Å². The predicted molar refractivity (Wildman–Crippen MR) is 149 cm³/mol. The average molecular weight is 537 g/mol. The van der Waals surface area contributed by atoms with E-state index in [0.717, 1.165) is 79.6 Å². The maximum absolute atomic E-state index is 15.8. The summed E-state index contributed by atoms with van der Waals surface area (Å²) in [5, 5.41) is 7.58. The maximum atomic E-state index is 15.8. The van der Waals surface area contributed by atoms with Crippen LogP contribution in [0, 0.1) is 17.6 Å². The van der Waals surface area contributed by atoms with Gasteiger partial charge in [0.1, 0.15) is 11.6 Å². The molecular formula is C31H38F2N4O2. The standard InChI is InChI=1S/C31H38F2N4O2/c1-6-21-9-8-10-22(7-2)28(21)37-29(23-15-26(33)27(16-25(23)32)34-19(3)38)24-18-36(31(4,5)30(24)35-37)17-20-11-13-39-14-12-20/h8-10,15-16,20H,6-7,11-14,17-18H2,1-5H3,(H,34,38). The smallest absolute Gasteiger partial charge is 0.221 e. The fourth-order valence-electron chi connectivity index (χ4n) is 6.10. The van der Waals surface area contributed by atoms with E-state index in [-0.39, 0.29) is 16.8 Å². The summed E-state index contributed by atoms with van der Waals surface area (Å²) in [7, 11) is 0. The number of hydrogen-bond donors (Lipinski definition) is 1. The van der Waals surface area contributed by atoms with Crippen LogP contribution in [0.25, 0.3) is 16.9 Å². The van der Waals surface area contributed by atoms with Crippen molar-refractivity contribution < 1.29 is 18.3 Å². The summed E-state index contributed by atoms with van der Waals surface area (Å²) in [5.74, 6) is -1.21.